The van der Waals surface area contributed by atoms with Crippen molar-refractivity contribution in [2.45, 2.75) is 52.6 Å². The highest BCUT2D eigenvalue weighted by Gasteiger charge is 2.52. The van der Waals surface area contributed by atoms with Gasteiger partial charge >= 0.3 is 0 Å². The first-order chi connectivity index (χ1) is 9.12. The second-order valence-electron chi connectivity index (χ2n) is 6.73. The molecule has 0 aliphatic carbocycles. The molecule has 3 nitrogen and oxygen atoms in total. The molecule has 0 amide bonds. The maximum atomic E-state index is 2.76. The molecule has 2 atom stereocenters. The van der Waals surface area contributed by atoms with Crippen molar-refractivity contribution in [1.82, 2.24) is 14.7 Å². The number of piperidine rings is 1. The summed E-state index contributed by atoms with van der Waals surface area (Å²) < 4.78 is 0. The van der Waals surface area contributed by atoms with Gasteiger partial charge in [-0.05, 0) is 39.9 Å². The van der Waals surface area contributed by atoms with Crippen LogP contribution in [0.1, 0.15) is 40.5 Å². The van der Waals surface area contributed by atoms with Gasteiger partial charge in [0.05, 0.1) is 0 Å². The first-order valence-electron chi connectivity index (χ1n) is 8.28. The topological polar surface area (TPSA) is 9.72 Å². The summed E-state index contributed by atoms with van der Waals surface area (Å²) in [7, 11) is 2.25. The smallest absolute Gasteiger partial charge is 0.0212 e. The zero-order chi connectivity index (χ0) is 14.0. The van der Waals surface area contributed by atoms with E-state index in [9.17, 15) is 0 Å². The van der Waals surface area contributed by atoms with E-state index in [1.165, 1.54) is 52.1 Å². The molecular formula is C16H33N3. The van der Waals surface area contributed by atoms with E-state index in [0.717, 1.165) is 12.1 Å². The highest BCUT2D eigenvalue weighted by molar-refractivity contribution is 5.06. The molecule has 3 heteroatoms. The molecule has 2 unspecified atom stereocenters. The van der Waals surface area contributed by atoms with Gasteiger partial charge in [0.2, 0.25) is 0 Å². The van der Waals surface area contributed by atoms with E-state index in [0.29, 0.717) is 5.41 Å². The molecule has 0 aromatic heterocycles. The van der Waals surface area contributed by atoms with Crippen LogP contribution in [0, 0.1) is 5.41 Å². The number of hydrogen-bond acceptors (Lipinski definition) is 3. The molecule has 0 aromatic rings. The van der Waals surface area contributed by atoms with Gasteiger partial charge in [0.1, 0.15) is 0 Å². The molecule has 19 heavy (non-hydrogen) atoms. The Morgan fingerprint density at radius 3 is 2.21 bits per heavy atom. The summed E-state index contributed by atoms with van der Waals surface area (Å²) in [5, 5.41) is 0. The zero-order valence-electron chi connectivity index (χ0n) is 13.7. The zero-order valence-corrected chi connectivity index (χ0v) is 13.7. The summed E-state index contributed by atoms with van der Waals surface area (Å²) >= 11 is 0. The van der Waals surface area contributed by atoms with Crippen molar-refractivity contribution < 1.29 is 0 Å². The van der Waals surface area contributed by atoms with Gasteiger partial charge in [0, 0.05) is 43.7 Å². The Hall–Kier alpha value is -0.120. The monoisotopic (exact) mass is 267 g/mol. The predicted molar refractivity (Wildman–Crippen MR) is 82.6 cm³/mol. The second kappa shape index (κ2) is 6.11. The summed E-state index contributed by atoms with van der Waals surface area (Å²) in [6, 6.07) is 1.67. The van der Waals surface area contributed by atoms with Gasteiger partial charge in [-0.15, -0.1) is 0 Å². The Morgan fingerprint density at radius 1 is 1.11 bits per heavy atom. The van der Waals surface area contributed by atoms with E-state index in [1.54, 1.807) is 0 Å². The molecule has 0 aromatic carbocycles. The lowest BCUT2D eigenvalue weighted by molar-refractivity contribution is -0.130. The highest BCUT2D eigenvalue weighted by atomic mass is 15.3. The summed E-state index contributed by atoms with van der Waals surface area (Å²) in [6.45, 7) is 16.7. The second-order valence-corrected chi connectivity index (χ2v) is 6.73. The number of hydrogen-bond donors (Lipinski definition) is 0. The molecule has 3 heterocycles. The molecule has 1 spiro atoms. The van der Waals surface area contributed by atoms with Crippen LogP contribution in [-0.4, -0.2) is 73.1 Å². The van der Waals surface area contributed by atoms with Crippen LogP contribution in [0.25, 0.3) is 0 Å². The van der Waals surface area contributed by atoms with Crippen LogP contribution in [0.4, 0.5) is 0 Å². The van der Waals surface area contributed by atoms with Gasteiger partial charge in [0.25, 0.3) is 0 Å². The van der Waals surface area contributed by atoms with Crippen LogP contribution in [0.2, 0.25) is 0 Å². The van der Waals surface area contributed by atoms with E-state index in [2.05, 4.69) is 35.6 Å². The lowest BCUT2D eigenvalue weighted by Crippen LogP contribution is -2.73. The first kappa shape index (κ1) is 15.3. The number of nitrogens with zero attached hydrogens (tertiary/aromatic N) is 3. The van der Waals surface area contributed by atoms with E-state index in [4.69, 9.17) is 0 Å². The molecule has 3 fully saturated rings. The predicted octanol–water partition coefficient (Wildman–Crippen LogP) is 2.13. The van der Waals surface area contributed by atoms with Crippen LogP contribution < -0.4 is 0 Å². The molecule has 3 saturated heterocycles. The van der Waals surface area contributed by atoms with Crippen LogP contribution >= 0.6 is 0 Å². The van der Waals surface area contributed by atoms with Crippen LogP contribution in [0.3, 0.4) is 0 Å². The molecule has 3 aliphatic heterocycles. The molecular weight excluding hydrogens is 234 g/mol. The largest absolute Gasteiger partial charge is 0.305 e. The number of likely N-dealkylation sites (tertiary alicyclic amines) is 3. The van der Waals surface area contributed by atoms with Gasteiger partial charge < -0.3 is 9.80 Å². The minimum Gasteiger partial charge on any atom is -0.305 e. The quantitative estimate of drug-likeness (QED) is 0.759. The normalized spacial score (nSPS) is 35.2. The average Bonchev–Trinajstić information content (AvgIpc) is 2.34. The third-order valence-corrected chi connectivity index (χ3v) is 5.20. The fourth-order valence-electron chi connectivity index (χ4n) is 4.37. The fraction of sp³-hybridized carbons (Fsp3) is 1.00. The summed E-state index contributed by atoms with van der Waals surface area (Å²) in [5.41, 5.74) is 0.708. The third kappa shape index (κ3) is 2.98. The van der Waals surface area contributed by atoms with Gasteiger partial charge in [-0.1, -0.05) is 20.8 Å². The van der Waals surface area contributed by atoms with E-state index in [1.807, 2.05) is 13.8 Å². The summed E-state index contributed by atoms with van der Waals surface area (Å²) in [5.74, 6) is 0. The Balaban J connectivity index is 0.000000637. The maximum absolute atomic E-state index is 2.76. The fourth-order valence-corrected chi connectivity index (χ4v) is 4.37. The summed E-state index contributed by atoms with van der Waals surface area (Å²) in [6.07, 6.45) is 2.78. The van der Waals surface area contributed by atoms with Gasteiger partial charge in [-0.3, -0.25) is 4.90 Å². The van der Waals surface area contributed by atoms with Crippen LogP contribution in [-0.2, 0) is 0 Å². The van der Waals surface area contributed by atoms with Crippen LogP contribution in [0.5, 0.6) is 0 Å². The molecule has 3 rings (SSSR count). The van der Waals surface area contributed by atoms with Gasteiger partial charge in [-0.25, -0.2) is 0 Å². The molecule has 3 aliphatic rings. The van der Waals surface area contributed by atoms with Crippen molar-refractivity contribution in [3.05, 3.63) is 0 Å². The Kier molecular flexibility index (Phi) is 4.91. The Morgan fingerprint density at radius 2 is 1.74 bits per heavy atom. The highest BCUT2D eigenvalue weighted by Crippen LogP contribution is 2.41. The lowest BCUT2D eigenvalue weighted by Gasteiger charge is -2.62. The Labute approximate surface area is 119 Å². The Bertz CT molecular complexity index is 278. The van der Waals surface area contributed by atoms with Crippen LogP contribution in [0.15, 0.2) is 0 Å². The lowest BCUT2D eigenvalue weighted by atomic mass is 9.71. The first-order valence-corrected chi connectivity index (χ1v) is 8.28. The molecule has 0 radical (unpaired) electrons. The van der Waals surface area contributed by atoms with Gasteiger partial charge in [-0.2, -0.15) is 0 Å². The van der Waals surface area contributed by atoms with Crippen molar-refractivity contribution in [3.8, 4) is 0 Å². The van der Waals surface area contributed by atoms with Crippen molar-refractivity contribution in [1.29, 1.82) is 0 Å². The SMILES string of the molecule is CC.CCN1CCC(N2CC3(CN(C)C3)C2)CC1C. The number of rotatable bonds is 2. The average molecular weight is 267 g/mol. The maximum Gasteiger partial charge on any atom is 0.0212 e. The molecule has 0 bridgehead atoms. The van der Waals surface area contributed by atoms with Crippen molar-refractivity contribution in [3.63, 3.8) is 0 Å². The minimum absolute atomic E-state index is 0.708. The standard InChI is InChI=1S/C14H27N3.C2H6/c1-4-16-6-5-13(7-12(16)2)17-10-14(11-17)8-15(3)9-14;1-2/h12-13H,4-11H2,1-3H3;1-2H3. The summed E-state index contributed by atoms with van der Waals surface area (Å²) in [4.78, 5) is 7.85. The van der Waals surface area contributed by atoms with Crippen molar-refractivity contribution >= 4 is 0 Å². The van der Waals surface area contributed by atoms with E-state index < -0.39 is 0 Å². The van der Waals surface area contributed by atoms with E-state index >= 15 is 0 Å². The van der Waals surface area contributed by atoms with Crippen molar-refractivity contribution in [2.75, 3.05) is 46.3 Å². The minimum atomic E-state index is 0.708. The van der Waals surface area contributed by atoms with Crippen molar-refractivity contribution in [2.24, 2.45) is 5.41 Å². The third-order valence-electron chi connectivity index (χ3n) is 5.20. The van der Waals surface area contributed by atoms with E-state index in [-0.39, 0.29) is 0 Å². The molecule has 112 valence electrons. The molecule has 0 N–H and O–H groups in total. The van der Waals surface area contributed by atoms with Gasteiger partial charge in [0.15, 0.2) is 0 Å². The molecule has 0 saturated carbocycles.